The Hall–Kier alpha value is -1.27. The van der Waals surface area contributed by atoms with E-state index in [1.165, 1.54) is 6.33 Å². The van der Waals surface area contributed by atoms with Gasteiger partial charge in [-0.15, -0.1) is 0 Å². The van der Waals surface area contributed by atoms with Crippen LogP contribution in [0.4, 0.5) is 5.69 Å². The number of hydrogen-bond donors (Lipinski definition) is 2. The zero-order valence-corrected chi connectivity index (χ0v) is 10.1. The Morgan fingerprint density at radius 1 is 1.44 bits per heavy atom. The van der Waals surface area contributed by atoms with Gasteiger partial charge >= 0.3 is 0 Å². The summed E-state index contributed by atoms with van der Waals surface area (Å²) in [6, 6.07) is 0. The van der Waals surface area contributed by atoms with Crippen molar-refractivity contribution in [3.05, 3.63) is 18.7 Å². The summed E-state index contributed by atoms with van der Waals surface area (Å²) < 4.78 is 5.21. The summed E-state index contributed by atoms with van der Waals surface area (Å²) >= 11 is 5.10. The Bertz CT molecular complexity index is 307. The maximum absolute atomic E-state index is 5.21. The van der Waals surface area contributed by atoms with Gasteiger partial charge in [-0.25, -0.2) is 9.97 Å². The molecule has 1 heterocycles. The van der Waals surface area contributed by atoms with Crippen LogP contribution in [0.1, 0.15) is 13.3 Å². The van der Waals surface area contributed by atoms with E-state index in [9.17, 15) is 0 Å². The SMILES string of the molecule is CCOCCCNC(=S)Nc1cncnc1. The largest absolute Gasteiger partial charge is 0.382 e. The van der Waals surface area contributed by atoms with Crippen molar-refractivity contribution in [2.24, 2.45) is 0 Å². The normalized spacial score (nSPS) is 9.81. The molecule has 2 N–H and O–H groups in total. The first kappa shape index (κ1) is 12.8. The molecule has 0 aliphatic carbocycles. The molecular weight excluding hydrogens is 224 g/mol. The van der Waals surface area contributed by atoms with Crippen LogP contribution in [-0.2, 0) is 4.74 Å². The van der Waals surface area contributed by atoms with Crippen molar-refractivity contribution >= 4 is 23.0 Å². The third-order valence-electron chi connectivity index (χ3n) is 1.77. The Morgan fingerprint density at radius 3 is 2.88 bits per heavy atom. The summed E-state index contributed by atoms with van der Waals surface area (Å²) in [4.78, 5) is 7.76. The van der Waals surface area contributed by atoms with E-state index in [-0.39, 0.29) is 0 Å². The molecule has 88 valence electrons. The lowest BCUT2D eigenvalue weighted by Gasteiger charge is -2.09. The third kappa shape index (κ3) is 5.57. The molecule has 0 aromatic carbocycles. The number of thiocarbonyl (C=S) groups is 1. The van der Waals surface area contributed by atoms with Crippen LogP contribution in [0, 0.1) is 0 Å². The fraction of sp³-hybridized carbons (Fsp3) is 0.500. The van der Waals surface area contributed by atoms with Crippen molar-refractivity contribution in [3.8, 4) is 0 Å². The van der Waals surface area contributed by atoms with E-state index in [4.69, 9.17) is 17.0 Å². The molecule has 0 saturated heterocycles. The average molecular weight is 240 g/mol. The number of hydrogen-bond acceptors (Lipinski definition) is 4. The van der Waals surface area contributed by atoms with Crippen LogP contribution in [0.25, 0.3) is 0 Å². The lowest BCUT2D eigenvalue weighted by molar-refractivity contribution is 0.146. The topological polar surface area (TPSA) is 59.1 Å². The number of ether oxygens (including phenoxy) is 1. The van der Waals surface area contributed by atoms with Gasteiger partial charge in [-0.2, -0.15) is 0 Å². The Morgan fingerprint density at radius 2 is 2.19 bits per heavy atom. The van der Waals surface area contributed by atoms with E-state index in [0.29, 0.717) is 5.11 Å². The molecule has 0 fully saturated rings. The zero-order chi connectivity index (χ0) is 11.6. The lowest BCUT2D eigenvalue weighted by Crippen LogP contribution is -2.29. The monoisotopic (exact) mass is 240 g/mol. The molecule has 0 radical (unpaired) electrons. The maximum atomic E-state index is 5.21. The van der Waals surface area contributed by atoms with Gasteiger partial charge in [0.2, 0.25) is 0 Å². The maximum Gasteiger partial charge on any atom is 0.170 e. The van der Waals surface area contributed by atoms with Gasteiger partial charge in [0.1, 0.15) is 6.33 Å². The second-order valence-electron chi connectivity index (χ2n) is 3.06. The molecule has 0 aliphatic heterocycles. The standard InChI is InChI=1S/C10H16N4OS/c1-2-15-5-3-4-13-10(16)14-9-6-11-8-12-7-9/h6-8H,2-5H2,1H3,(H2,13,14,16). The van der Waals surface area contributed by atoms with E-state index >= 15 is 0 Å². The Kier molecular flexibility index (Phi) is 6.36. The predicted molar refractivity (Wildman–Crippen MR) is 67.4 cm³/mol. The van der Waals surface area contributed by atoms with Crippen molar-refractivity contribution in [1.82, 2.24) is 15.3 Å². The molecule has 6 heteroatoms. The minimum absolute atomic E-state index is 0.575. The molecule has 0 aliphatic rings. The highest BCUT2D eigenvalue weighted by Crippen LogP contribution is 1.99. The summed E-state index contributed by atoms with van der Waals surface area (Å²) in [5.41, 5.74) is 0.782. The van der Waals surface area contributed by atoms with Gasteiger partial charge < -0.3 is 15.4 Å². The van der Waals surface area contributed by atoms with E-state index in [0.717, 1.165) is 31.9 Å². The van der Waals surface area contributed by atoms with E-state index < -0.39 is 0 Å². The highest BCUT2D eigenvalue weighted by Gasteiger charge is 1.96. The second-order valence-corrected chi connectivity index (χ2v) is 3.47. The minimum atomic E-state index is 0.575. The molecule has 16 heavy (non-hydrogen) atoms. The smallest absolute Gasteiger partial charge is 0.170 e. The fourth-order valence-electron chi connectivity index (χ4n) is 1.06. The van der Waals surface area contributed by atoms with Crippen LogP contribution < -0.4 is 10.6 Å². The van der Waals surface area contributed by atoms with E-state index in [1.807, 2.05) is 6.92 Å². The molecule has 5 nitrogen and oxygen atoms in total. The zero-order valence-electron chi connectivity index (χ0n) is 9.27. The first-order valence-electron chi connectivity index (χ1n) is 5.20. The highest BCUT2D eigenvalue weighted by molar-refractivity contribution is 7.80. The summed E-state index contributed by atoms with van der Waals surface area (Å²) in [6.45, 7) is 4.28. The fourth-order valence-corrected chi connectivity index (χ4v) is 1.28. The molecule has 0 unspecified atom stereocenters. The Labute approximate surface area is 101 Å². The molecule has 1 aromatic rings. The highest BCUT2D eigenvalue weighted by atomic mass is 32.1. The minimum Gasteiger partial charge on any atom is -0.382 e. The van der Waals surface area contributed by atoms with Crippen molar-refractivity contribution in [1.29, 1.82) is 0 Å². The van der Waals surface area contributed by atoms with Crippen LogP contribution in [0.15, 0.2) is 18.7 Å². The number of nitrogens with one attached hydrogen (secondary N) is 2. The van der Waals surface area contributed by atoms with Crippen LogP contribution in [0.2, 0.25) is 0 Å². The van der Waals surface area contributed by atoms with E-state index in [1.54, 1.807) is 12.4 Å². The number of rotatable bonds is 6. The summed E-state index contributed by atoms with van der Waals surface area (Å²) in [5.74, 6) is 0. The second kappa shape index (κ2) is 7.95. The number of nitrogens with zero attached hydrogens (tertiary/aromatic N) is 2. The summed E-state index contributed by atoms with van der Waals surface area (Å²) in [7, 11) is 0. The van der Waals surface area contributed by atoms with Gasteiger partial charge in [0.05, 0.1) is 18.1 Å². The van der Waals surface area contributed by atoms with Crippen LogP contribution in [0.3, 0.4) is 0 Å². The molecule has 0 saturated carbocycles. The van der Waals surface area contributed by atoms with Crippen LogP contribution >= 0.6 is 12.2 Å². The van der Waals surface area contributed by atoms with Crippen LogP contribution in [-0.4, -0.2) is 34.8 Å². The molecule has 1 rings (SSSR count). The van der Waals surface area contributed by atoms with Crippen LogP contribution in [0.5, 0.6) is 0 Å². The molecule has 0 spiro atoms. The summed E-state index contributed by atoms with van der Waals surface area (Å²) in [5, 5.41) is 6.64. The molecule has 1 aromatic heterocycles. The number of anilines is 1. The molecule has 0 bridgehead atoms. The van der Waals surface area contributed by atoms with E-state index in [2.05, 4.69) is 20.6 Å². The third-order valence-corrected chi connectivity index (χ3v) is 2.02. The Balaban J connectivity index is 2.12. The van der Waals surface area contributed by atoms with Crippen molar-refractivity contribution < 1.29 is 4.74 Å². The molecule has 0 amide bonds. The first-order valence-corrected chi connectivity index (χ1v) is 5.61. The average Bonchev–Trinajstić information content (AvgIpc) is 2.30. The number of aromatic nitrogens is 2. The van der Waals surface area contributed by atoms with Crippen molar-refractivity contribution in [2.75, 3.05) is 25.1 Å². The lowest BCUT2D eigenvalue weighted by atomic mass is 10.4. The predicted octanol–water partition coefficient (Wildman–Crippen LogP) is 1.19. The first-order chi connectivity index (χ1) is 7.83. The van der Waals surface area contributed by atoms with Gasteiger partial charge in [0.25, 0.3) is 0 Å². The van der Waals surface area contributed by atoms with Gasteiger partial charge in [0, 0.05) is 19.8 Å². The van der Waals surface area contributed by atoms with Crippen molar-refractivity contribution in [2.45, 2.75) is 13.3 Å². The van der Waals surface area contributed by atoms with Gasteiger partial charge in [-0.3, -0.25) is 0 Å². The molecular formula is C10H16N4OS. The summed E-state index contributed by atoms with van der Waals surface area (Å²) in [6.07, 6.45) is 5.74. The molecule has 0 atom stereocenters. The van der Waals surface area contributed by atoms with Gasteiger partial charge in [0.15, 0.2) is 5.11 Å². The quantitative estimate of drug-likeness (QED) is 0.575. The van der Waals surface area contributed by atoms with Gasteiger partial charge in [-0.1, -0.05) is 0 Å². The van der Waals surface area contributed by atoms with Crippen molar-refractivity contribution in [3.63, 3.8) is 0 Å². The van der Waals surface area contributed by atoms with Gasteiger partial charge in [-0.05, 0) is 25.6 Å².